The largest absolute Gasteiger partial charge is 0.276 e. The molecule has 1 aromatic rings. The van der Waals surface area contributed by atoms with Gasteiger partial charge in [0, 0.05) is 11.8 Å². The van der Waals surface area contributed by atoms with Gasteiger partial charge in [0.05, 0.1) is 10.0 Å². The van der Waals surface area contributed by atoms with Crippen LogP contribution in [0.1, 0.15) is 28.0 Å². The molecular formula is C8H2BrClF2N2O. The molecule has 0 aliphatic heterocycles. The predicted octanol–water partition coefficient (Wildman–Crippen LogP) is 3.03. The van der Waals surface area contributed by atoms with Gasteiger partial charge in [-0.15, -0.1) is 0 Å². The predicted molar refractivity (Wildman–Crippen MR) is 51.8 cm³/mol. The van der Waals surface area contributed by atoms with E-state index in [-0.39, 0.29) is 10.2 Å². The molecular weight excluding hydrogens is 293 g/mol. The van der Waals surface area contributed by atoms with Crippen molar-refractivity contribution in [1.29, 1.82) is 5.26 Å². The molecule has 78 valence electrons. The number of halogens is 4. The van der Waals surface area contributed by atoms with Crippen molar-refractivity contribution in [1.82, 2.24) is 4.98 Å². The molecule has 15 heavy (non-hydrogen) atoms. The van der Waals surface area contributed by atoms with Crippen molar-refractivity contribution in [2.45, 2.75) is 6.43 Å². The minimum atomic E-state index is -2.88. The van der Waals surface area contributed by atoms with Crippen LogP contribution in [-0.2, 0) is 0 Å². The third kappa shape index (κ3) is 2.30. The quantitative estimate of drug-likeness (QED) is 0.788. The Labute approximate surface area is 96.8 Å². The Hall–Kier alpha value is -1.06. The molecule has 0 atom stereocenters. The summed E-state index contributed by atoms with van der Waals surface area (Å²) in [5, 5.41) is 7.51. The van der Waals surface area contributed by atoms with Crippen LogP contribution in [0.25, 0.3) is 0 Å². The maximum atomic E-state index is 12.4. The first kappa shape index (κ1) is 12.0. The Morgan fingerprint density at radius 2 is 2.27 bits per heavy atom. The fraction of sp³-hybridized carbons (Fsp3) is 0.125. The van der Waals surface area contributed by atoms with Crippen LogP contribution in [0.4, 0.5) is 8.78 Å². The Morgan fingerprint density at radius 1 is 1.67 bits per heavy atom. The molecule has 0 unspecified atom stereocenters. The maximum Gasteiger partial charge on any atom is 0.266 e. The molecule has 1 rings (SSSR count). The molecule has 0 bridgehead atoms. The number of carbonyl (C=O) groups is 1. The molecule has 0 aliphatic carbocycles. The highest BCUT2D eigenvalue weighted by Crippen LogP contribution is 2.30. The third-order valence-electron chi connectivity index (χ3n) is 1.59. The van der Waals surface area contributed by atoms with Crippen molar-refractivity contribution < 1.29 is 13.6 Å². The van der Waals surface area contributed by atoms with E-state index in [2.05, 4.69) is 20.9 Å². The number of nitriles is 1. The number of pyridine rings is 1. The van der Waals surface area contributed by atoms with Gasteiger partial charge in [-0.2, -0.15) is 5.26 Å². The molecule has 0 saturated heterocycles. The molecule has 0 aliphatic rings. The number of alkyl halides is 2. The number of hydrogen-bond acceptors (Lipinski definition) is 3. The van der Waals surface area contributed by atoms with E-state index in [1.165, 1.54) is 0 Å². The fourth-order valence-electron chi connectivity index (χ4n) is 0.944. The highest BCUT2D eigenvalue weighted by Gasteiger charge is 2.23. The normalized spacial score (nSPS) is 10.1. The summed E-state index contributed by atoms with van der Waals surface area (Å²) >= 11 is 7.98. The lowest BCUT2D eigenvalue weighted by molar-refractivity contribution is 0.106. The van der Waals surface area contributed by atoms with Crippen molar-refractivity contribution in [2.24, 2.45) is 0 Å². The van der Waals surface area contributed by atoms with Crippen LogP contribution in [0.3, 0.4) is 0 Å². The fourth-order valence-corrected chi connectivity index (χ4v) is 1.86. The first-order valence-corrected chi connectivity index (χ1v) is 4.72. The molecule has 0 N–H and O–H groups in total. The van der Waals surface area contributed by atoms with Gasteiger partial charge in [0.2, 0.25) is 0 Å². The number of hydrogen-bond donors (Lipinski definition) is 0. The number of carbonyl (C=O) groups excluding carboxylic acids is 1. The van der Waals surface area contributed by atoms with Crippen LogP contribution >= 0.6 is 27.5 Å². The van der Waals surface area contributed by atoms with E-state index in [0.717, 1.165) is 6.20 Å². The topological polar surface area (TPSA) is 53.8 Å². The number of rotatable bonds is 2. The lowest BCUT2D eigenvalue weighted by Gasteiger charge is -2.07. The Balaban J connectivity index is 3.53. The minimum Gasteiger partial charge on any atom is -0.276 e. The first-order valence-electron chi connectivity index (χ1n) is 3.55. The van der Waals surface area contributed by atoms with Gasteiger partial charge in [-0.3, -0.25) is 4.79 Å². The molecule has 1 aromatic heterocycles. The standard InChI is InChI=1S/C8H2BrClF2N2O/c9-6-4(1-13)14-2-3(8(11)12)5(6)7(10)15/h2,8H. The highest BCUT2D eigenvalue weighted by atomic mass is 79.9. The van der Waals surface area contributed by atoms with E-state index in [1.54, 1.807) is 6.07 Å². The summed E-state index contributed by atoms with van der Waals surface area (Å²) in [6.45, 7) is 0. The first-order chi connectivity index (χ1) is 6.99. The third-order valence-corrected chi connectivity index (χ3v) is 2.55. The van der Waals surface area contributed by atoms with E-state index < -0.39 is 22.8 Å². The summed E-state index contributed by atoms with van der Waals surface area (Å²) in [5.74, 6) is 0. The van der Waals surface area contributed by atoms with Crippen molar-refractivity contribution >= 4 is 32.8 Å². The SMILES string of the molecule is N#Cc1ncc(C(F)F)c(C(=O)Cl)c1Br. The van der Waals surface area contributed by atoms with E-state index in [1.807, 2.05) is 0 Å². The van der Waals surface area contributed by atoms with Crippen LogP contribution < -0.4 is 0 Å². The van der Waals surface area contributed by atoms with Gasteiger partial charge in [0.1, 0.15) is 6.07 Å². The van der Waals surface area contributed by atoms with E-state index in [4.69, 9.17) is 16.9 Å². The molecule has 7 heteroatoms. The molecule has 0 radical (unpaired) electrons. The van der Waals surface area contributed by atoms with Gasteiger partial charge in [-0.25, -0.2) is 13.8 Å². The van der Waals surface area contributed by atoms with Crippen molar-refractivity contribution in [2.75, 3.05) is 0 Å². The van der Waals surface area contributed by atoms with Crippen LogP contribution in [0, 0.1) is 11.3 Å². The van der Waals surface area contributed by atoms with Crippen LogP contribution in [-0.4, -0.2) is 10.2 Å². The van der Waals surface area contributed by atoms with Crippen molar-refractivity contribution in [3.8, 4) is 6.07 Å². The van der Waals surface area contributed by atoms with Gasteiger partial charge in [-0.1, -0.05) is 0 Å². The zero-order chi connectivity index (χ0) is 11.6. The summed E-state index contributed by atoms with van der Waals surface area (Å²) in [6, 6.07) is 1.64. The van der Waals surface area contributed by atoms with E-state index in [9.17, 15) is 13.6 Å². The summed E-state index contributed by atoms with van der Waals surface area (Å²) in [4.78, 5) is 14.4. The van der Waals surface area contributed by atoms with Crippen LogP contribution in [0.5, 0.6) is 0 Å². The minimum absolute atomic E-state index is 0.109. The Bertz CT molecular complexity index is 459. The zero-order valence-corrected chi connectivity index (χ0v) is 9.31. The van der Waals surface area contributed by atoms with Crippen molar-refractivity contribution in [3.63, 3.8) is 0 Å². The van der Waals surface area contributed by atoms with Gasteiger partial charge >= 0.3 is 0 Å². The van der Waals surface area contributed by atoms with Gasteiger partial charge in [0.15, 0.2) is 5.69 Å². The van der Waals surface area contributed by atoms with E-state index >= 15 is 0 Å². The summed E-state index contributed by atoms with van der Waals surface area (Å²) in [6.07, 6.45) is -2.11. The molecule has 0 fully saturated rings. The highest BCUT2D eigenvalue weighted by molar-refractivity contribution is 9.10. The van der Waals surface area contributed by atoms with Gasteiger partial charge in [0.25, 0.3) is 11.7 Å². The average Bonchev–Trinajstić information content (AvgIpc) is 2.16. The monoisotopic (exact) mass is 294 g/mol. The number of nitrogens with zero attached hydrogens (tertiary/aromatic N) is 2. The number of aromatic nitrogens is 1. The zero-order valence-electron chi connectivity index (χ0n) is 6.97. The maximum absolute atomic E-state index is 12.4. The lowest BCUT2D eigenvalue weighted by atomic mass is 10.1. The smallest absolute Gasteiger partial charge is 0.266 e. The summed E-state index contributed by atoms with van der Waals surface area (Å²) < 4.78 is 24.8. The molecule has 3 nitrogen and oxygen atoms in total. The molecule has 0 aromatic carbocycles. The second-order valence-corrected chi connectivity index (χ2v) is 3.57. The molecule has 1 heterocycles. The summed E-state index contributed by atoms with van der Waals surface area (Å²) in [5.41, 5.74) is -1.18. The molecule has 0 saturated carbocycles. The van der Waals surface area contributed by atoms with Crippen molar-refractivity contribution in [3.05, 3.63) is 27.5 Å². The lowest BCUT2D eigenvalue weighted by Crippen LogP contribution is -2.03. The Kier molecular flexibility index (Phi) is 3.72. The van der Waals surface area contributed by atoms with Crippen LogP contribution in [0.15, 0.2) is 10.7 Å². The molecule has 0 spiro atoms. The van der Waals surface area contributed by atoms with E-state index in [0.29, 0.717) is 0 Å². The van der Waals surface area contributed by atoms with Gasteiger partial charge < -0.3 is 0 Å². The van der Waals surface area contributed by atoms with Gasteiger partial charge in [-0.05, 0) is 27.5 Å². The second kappa shape index (κ2) is 4.64. The van der Waals surface area contributed by atoms with Crippen LogP contribution in [0.2, 0.25) is 0 Å². The molecule has 0 amide bonds. The second-order valence-electron chi connectivity index (χ2n) is 2.44. The summed E-state index contributed by atoms with van der Waals surface area (Å²) in [7, 11) is 0. The average molecular weight is 295 g/mol. The Morgan fingerprint density at radius 3 is 2.67 bits per heavy atom.